The Morgan fingerprint density at radius 1 is 1.41 bits per heavy atom. The fourth-order valence-corrected chi connectivity index (χ4v) is 3.63. The quantitative estimate of drug-likeness (QED) is 0.769. The van der Waals surface area contributed by atoms with Gasteiger partial charge in [-0.05, 0) is 38.5 Å². The highest BCUT2D eigenvalue weighted by atomic mass is 79.9. The van der Waals surface area contributed by atoms with Gasteiger partial charge in [-0.3, -0.25) is 4.90 Å². The summed E-state index contributed by atoms with van der Waals surface area (Å²) in [5, 5.41) is 2.26. The molecule has 1 unspecified atom stereocenters. The maximum atomic E-state index is 12.3. The van der Waals surface area contributed by atoms with E-state index in [4.69, 9.17) is 4.74 Å². The van der Waals surface area contributed by atoms with Gasteiger partial charge in [-0.15, -0.1) is 0 Å². The first-order chi connectivity index (χ1) is 10.2. The maximum Gasteiger partial charge on any atom is 0.410 e. The molecule has 0 fully saturated rings. The van der Waals surface area contributed by atoms with Gasteiger partial charge in [0.1, 0.15) is 5.60 Å². The molecule has 118 valence electrons. The van der Waals surface area contributed by atoms with Gasteiger partial charge in [-0.2, -0.15) is 0 Å². The molecule has 0 radical (unpaired) electrons. The third-order valence-electron chi connectivity index (χ3n) is 3.87. The number of H-pyrrole nitrogens is 1. The molecule has 1 aromatic heterocycles. The van der Waals surface area contributed by atoms with E-state index in [-0.39, 0.29) is 6.09 Å². The van der Waals surface area contributed by atoms with Gasteiger partial charge in [0, 0.05) is 33.2 Å². The zero-order valence-electron chi connectivity index (χ0n) is 13.4. The molecule has 0 spiro atoms. The van der Waals surface area contributed by atoms with Crippen molar-refractivity contribution in [3.05, 3.63) is 32.4 Å². The highest BCUT2D eigenvalue weighted by Crippen LogP contribution is 2.26. The number of carbonyl (C=O) groups excluding carboxylic acids is 1. The summed E-state index contributed by atoms with van der Waals surface area (Å²) in [7, 11) is 0. The zero-order valence-corrected chi connectivity index (χ0v) is 15.0. The molecule has 2 aliphatic rings. The van der Waals surface area contributed by atoms with Crippen LogP contribution in [0.25, 0.3) is 12.2 Å². The molecule has 1 aromatic rings. The van der Waals surface area contributed by atoms with Gasteiger partial charge < -0.3 is 9.72 Å². The van der Waals surface area contributed by atoms with E-state index in [1.807, 2.05) is 20.8 Å². The molecule has 3 rings (SSSR count). The van der Waals surface area contributed by atoms with Gasteiger partial charge in [-0.25, -0.2) is 4.79 Å². The number of nitrogens with one attached hydrogen (secondary N) is 1. The molecule has 0 aromatic carbocycles. The average molecular weight is 365 g/mol. The number of fused-ring (bicyclic) bond motifs is 3. The van der Waals surface area contributed by atoms with Crippen molar-refractivity contribution >= 4 is 34.2 Å². The Balaban J connectivity index is 1.92. The van der Waals surface area contributed by atoms with E-state index in [9.17, 15) is 4.79 Å². The maximum absolute atomic E-state index is 12.3. The lowest BCUT2D eigenvalue weighted by Gasteiger charge is -2.28. The Morgan fingerprint density at radius 2 is 2.14 bits per heavy atom. The van der Waals surface area contributed by atoms with E-state index in [0.717, 1.165) is 15.2 Å². The number of rotatable bonds is 0. The van der Waals surface area contributed by atoms with Crippen molar-refractivity contribution in [2.45, 2.75) is 45.8 Å². The van der Waals surface area contributed by atoms with Crippen molar-refractivity contribution in [3.63, 3.8) is 0 Å². The first kappa shape index (κ1) is 15.4. The molecule has 2 heterocycles. The number of ether oxygens (including phenoxy) is 1. The number of hydrogen-bond acceptors (Lipinski definition) is 2. The van der Waals surface area contributed by atoms with Gasteiger partial charge >= 0.3 is 6.09 Å². The van der Waals surface area contributed by atoms with E-state index in [1.165, 1.54) is 11.1 Å². The highest BCUT2D eigenvalue weighted by molar-refractivity contribution is 9.12. The van der Waals surface area contributed by atoms with Crippen LogP contribution in [-0.2, 0) is 11.3 Å². The predicted octanol–water partition coefficient (Wildman–Crippen LogP) is 2.72. The number of nitrogens with zero attached hydrogens (tertiary/aromatic N) is 1. The minimum atomic E-state index is -0.469. The molecule has 1 N–H and O–H groups in total. The molecule has 1 amide bonds. The van der Waals surface area contributed by atoms with Crippen LogP contribution in [-0.4, -0.2) is 28.1 Å². The zero-order chi connectivity index (χ0) is 16.1. The van der Waals surface area contributed by atoms with Crippen LogP contribution in [0.1, 0.15) is 44.7 Å². The Hall–Kier alpha value is -1.49. The first-order valence-electron chi connectivity index (χ1n) is 7.52. The number of aromatic amines is 1. The second-order valence-corrected chi connectivity index (χ2v) is 7.81. The molecule has 1 aliphatic heterocycles. The minimum absolute atomic E-state index is 0.256. The minimum Gasteiger partial charge on any atom is -0.444 e. The molecule has 22 heavy (non-hydrogen) atoms. The number of aromatic nitrogens is 1. The molecular weight excluding hydrogens is 344 g/mol. The fraction of sp³-hybridized carbons (Fsp3) is 0.471. The lowest BCUT2D eigenvalue weighted by molar-refractivity contribution is 0.0258. The standard InChI is InChI=1S/C17H21BrN2O2/c1-10-7-11(18)8-14-15(10)12-9-20(6-5-13(12)19-14)16(21)22-17(2,3)4/h5,7-8,10,19H,6,9H2,1-4H3. The molecule has 0 saturated heterocycles. The SMILES string of the molecule is CC1C=C(Br)C=c2[nH]c3c(c21)CN(C(=O)OC(C)(C)C)CC=3. The molecule has 0 bridgehead atoms. The number of amides is 1. The van der Waals surface area contributed by atoms with Crippen molar-refractivity contribution < 1.29 is 9.53 Å². The number of carbonyl (C=O) groups is 1. The average Bonchev–Trinajstić information content (AvgIpc) is 2.73. The summed E-state index contributed by atoms with van der Waals surface area (Å²) in [5.41, 5.74) is 2.01. The van der Waals surface area contributed by atoms with Crippen molar-refractivity contribution in [2.24, 2.45) is 0 Å². The summed E-state index contributed by atoms with van der Waals surface area (Å²) in [6, 6.07) is 0. The second kappa shape index (κ2) is 5.30. The monoisotopic (exact) mass is 364 g/mol. The summed E-state index contributed by atoms with van der Waals surface area (Å²) in [5.74, 6) is 0.321. The van der Waals surface area contributed by atoms with Crippen LogP contribution >= 0.6 is 15.9 Å². The van der Waals surface area contributed by atoms with Crippen LogP contribution in [0.15, 0.2) is 10.6 Å². The third-order valence-corrected chi connectivity index (χ3v) is 4.37. The molecule has 5 heteroatoms. The lowest BCUT2D eigenvalue weighted by atomic mass is 9.94. The Labute approximate surface area is 138 Å². The fourth-order valence-electron chi connectivity index (χ4n) is 3.00. The second-order valence-electron chi connectivity index (χ2n) is 6.89. The van der Waals surface area contributed by atoms with Crippen LogP contribution < -0.4 is 10.7 Å². The first-order valence-corrected chi connectivity index (χ1v) is 8.32. The Bertz CT molecular complexity index is 768. The topological polar surface area (TPSA) is 45.3 Å². The van der Waals surface area contributed by atoms with Crippen molar-refractivity contribution in [3.8, 4) is 0 Å². The van der Waals surface area contributed by atoms with Gasteiger partial charge in [-0.1, -0.05) is 28.9 Å². The smallest absolute Gasteiger partial charge is 0.410 e. The van der Waals surface area contributed by atoms with Crippen LogP contribution in [0.4, 0.5) is 4.79 Å². The van der Waals surface area contributed by atoms with Crippen LogP contribution in [0.5, 0.6) is 0 Å². The number of halogens is 1. The van der Waals surface area contributed by atoms with E-state index >= 15 is 0 Å². The van der Waals surface area contributed by atoms with Crippen LogP contribution in [0.3, 0.4) is 0 Å². The summed E-state index contributed by atoms with van der Waals surface area (Å²) in [6.45, 7) is 9.01. The number of hydrogen-bond donors (Lipinski definition) is 1. The van der Waals surface area contributed by atoms with E-state index < -0.39 is 5.60 Å². The van der Waals surface area contributed by atoms with Crippen molar-refractivity contribution in [1.82, 2.24) is 9.88 Å². The summed E-state index contributed by atoms with van der Waals surface area (Å²) >= 11 is 3.55. The van der Waals surface area contributed by atoms with Crippen LogP contribution in [0, 0.1) is 0 Å². The third kappa shape index (κ3) is 2.86. The van der Waals surface area contributed by atoms with E-state index in [1.54, 1.807) is 4.90 Å². The molecule has 4 nitrogen and oxygen atoms in total. The molecule has 1 atom stereocenters. The largest absolute Gasteiger partial charge is 0.444 e. The van der Waals surface area contributed by atoms with Gasteiger partial charge in [0.25, 0.3) is 0 Å². The van der Waals surface area contributed by atoms with E-state index in [0.29, 0.717) is 19.0 Å². The molecule has 0 saturated carbocycles. The van der Waals surface area contributed by atoms with E-state index in [2.05, 4.69) is 46.1 Å². The van der Waals surface area contributed by atoms with Gasteiger partial charge in [0.15, 0.2) is 0 Å². The number of allylic oxidation sites excluding steroid dienone is 2. The van der Waals surface area contributed by atoms with Gasteiger partial charge in [0.2, 0.25) is 0 Å². The summed E-state index contributed by atoms with van der Waals surface area (Å²) < 4.78 is 6.58. The predicted molar refractivity (Wildman–Crippen MR) is 91.0 cm³/mol. The molecule has 1 aliphatic carbocycles. The lowest BCUT2D eigenvalue weighted by Crippen LogP contribution is -2.40. The highest BCUT2D eigenvalue weighted by Gasteiger charge is 2.27. The Morgan fingerprint density at radius 3 is 2.82 bits per heavy atom. The van der Waals surface area contributed by atoms with Gasteiger partial charge in [0.05, 0.1) is 6.54 Å². The molecular formula is C17H21BrN2O2. The normalized spacial score (nSPS) is 20.3. The Kier molecular flexibility index (Phi) is 3.71. The van der Waals surface area contributed by atoms with Crippen molar-refractivity contribution in [1.29, 1.82) is 0 Å². The van der Waals surface area contributed by atoms with Crippen LogP contribution in [0.2, 0.25) is 0 Å². The van der Waals surface area contributed by atoms with Crippen molar-refractivity contribution in [2.75, 3.05) is 6.54 Å². The summed E-state index contributed by atoms with van der Waals surface area (Å²) in [6.07, 6.45) is 6.09. The summed E-state index contributed by atoms with van der Waals surface area (Å²) in [4.78, 5) is 17.5.